The minimum absolute atomic E-state index is 0.552. The Kier molecular flexibility index (Phi) is 5.19. The summed E-state index contributed by atoms with van der Waals surface area (Å²) in [4.78, 5) is 8.95. The molecular formula is C18H17BrClN5O. The molecule has 3 aromatic rings. The SMILES string of the molecule is Clc1ccc(N2CCN(Cc3nnc(-c4ccc(Br)cc4)o3)CC2)nc1. The van der Waals surface area contributed by atoms with E-state index in [1.807, 2.05) is 36.4 Å². The monoisotopic (exact) mass is 433 g/mol. The number of aromatic nitrogens is 3. The summed E-state index contributed by atoms with van der Waals surface area (Å²) >= 11 is 9.33. The van der Waals surface area contributed by atoms with Crippen LogP contribution in [0.4, 0.5) is 5.82 Å². The number of nitrogens with zero attached hydrogens (tertiary/aromatic N) is 5. The second kappa shape index (κ2) is 7.73. The van der Waals surface area contributed by atoms with Gasteiger partial charge in [0.2, 0.25) is 11.8 Å². The van der Waals surface area contributed by atoms with E-state index in [0.29, 0.717) is 23.3 Å². The molecule has 0 N–H and O–H groups in total. The van der Waals surface area contributed by atoms with Crippen LogP contribution in [0.1, 0.15) is 5.89 Å². The van der Waals surface area contributed by atoms with Crippen LogP contribution in [0.5, 0.6) is 0 Å². The Morgan fingerprint density at radius 1 is 1.00 bits per heavy atom. The van der Waals surface area contributed by atoms with Gasteiger partial charge in [-0.1, -0.05) is 27.5 Å². The van der Waals surface area contributed by atoms with Crippen LogP contribution in [0.25, 0.3) is 11.5 Å². The Morgan fingerprint density at radius 3 is 2.46 bits per heavy atom. The molecule has 0 radical (unpaired) electrons. The maximum Gasteiger partial charge on any atom is 0.247 e. The molecule has 1 aliphatic rings. The molecule has 1 saturated heterocycles. The molecule has 134 valence electrons. The summed E-state index contributed by atoms with van der Waals surface area (Å²) in [6.45, 7) is 4.30. The average Bonchev–Trinajstić information content (AvgIpc) is 3.12. The van der Waals surface area contributed by atoms with Crippen LogP contribution in [0.2, 0.25) is 5.02 Å². The highest BCUT2D eigenvalue weighted by molar-refractivity contribution is 9.10. The first-order chi connectivity index (χ1) is 12.7. The van der Waals surface area contributed by atoms with Crippen molar-refractivity contribution in [2.24, 2.45) is 0 Å². The van der Waals surface area contributed by atoms with Crippen molar-refractivity contribution in [2.45, 2.75) is 6.54 Å². The van der Waals surface area contributed by atoms with Gasteiger partial charge in [-0.15, -0.1) is 10.2 Å². The van der Waals surface area contributed by atoms with Crippen LogP contribution < -0.4 is 4.90 Å². The van der Waals surface area contributed by atoms with Crippen LogP contribution >= 0.6 is 27.5 Å². The molecule has 8 heteroatoms. The van der Waals surface area contributed by atoms with Crippen molar-refractivity contribution in [3.8, 4) is 11.5 Å². The zero-order valence-corrected chi connectivity index (χ0v) is 16.3. The van der Waals surface area contributed by atoms with E-state index in [0.717, 1.165) is 42.0 Å². The van der Waals surface area contributed by atoms with E-state index in [4.69, 9.17) is 16.0 Å². The summed E-state index contributed by atoms with van der Waals surface area (Å²) in [6.07, 6.45) is 1.69. The lowest BCUT2D eigenvalue weighted by atomic mass is 10.2. The first-order valence-corrected chi connectivity index (χ1v) is 9.52. The van der Waals surface area contributed by atoms with Crippen molar-refractivity contribution < 1.29 is 4.42 Å². The van der Waals surface area contributed by atoms with E-state index in [1.54, 1.807) is 6.20 Å². The molecule has 0 unspecified atom stereocenters. The van der Waals surface area contributed by atoms with Crippen LogP contribution in [-0.2, 0) is 6.54 Å². The fourth-order valence-corrected chi connectivity index (χ4v) is 3.28. The van der Waals surface area contributed by atoms with Crippen molar-refractivity contribution in [1.82, 2.24) is 20.1 Å². The zero-order chi connectivity index (χ0) is 17.9. The summed E-state index contributed by atoms with van der Waals surface area (Å²) in [5.74, 6) is 2.15. The third kappa shape index (κ3) is 4.06. The van der Waals surface area contributed by atoms with Crippen LogP contribution in [0, 0.1) is 0 Å². The van der Waals surface area contributed by atoms with Gasteiger partial charge < -0.3 is 9.32 Å². The number of hydrogen-bond acceptors (Lipinski definition) is 6. The Bertz CT molecular complexity index is 860. The van der Waals surface area contributed by atoms with E-state index in [-0.39, 0.29) is 0 Å². The van der Waals surface area contributed by atoms with E-state index in [1.165, 1.54) is 0 Å². The summed E-state index contributed by atoms with van der Waals surface area (Å²) in [7, 11) is 0. The van der Waals surface area contributed by atoms with Crippen LogP contribution in [-0.4, -0.2) is 46.3 Å². The minimum atomic E-state index is 0.552. The lowest BCUT2D eigenvalue weighted by molar-refractivity contribution is 0.226. The van der Waals surface area contributed by atoms with Crippen molar-refractivity contribution in [1.29, 1.82) is 0 Å². The standard InChI is InChI=1S/C18H17BrClN5O/c19-14-3-1-13(2-4-14)18-23-22-17(26-18)12-24-7-9-25(10-8-24)16-6-5-15(20)11-21-16/h1-6,11H,7-10,12H2. The molecule has 1 aromatic carbocycles. The fraction of sp³-hybridized carbons (Fsp3) is 0.278. The van der Waals surface area contributed by atoms with Crippen molar-refractivity contribution in [3.05, 3.63) is 58.0 Å². The number of piperazine rings is 1. The van der Waals surface area contributed by atoms with Gasteiger partial charge in [0.05, 0.1) is 11.6 Å². The molecule has 0 spiro atoms. The van der Waals surface area contributed by atoms with Gasteiger partial charge in [-0.25, -0.2) is 4.98 Å². The fourth-order valence-electron chi connectivity index (χ4n) is 2.91. The van der Waals surface area contributed by atoms with Crippen LogP contribution in [0.15, 0.2) is 51.5 Å². The molecule has 6 nitrogen and oxygen atoms in total. The highest BCUT2D eigenvalue weighted by Crippen LogP contribution is 2.21. The molecule has 4 rings (SSSR count). The second-order valence-corrected chi connectivity index (χ2v) is 7.46. The Morgan fingerprint density at radius 2 is 1.77 bits per heavy atom. The second-order valence-electron chi connectivity index (χ2n) is 6.11. The Labute approximate surface area is 164 Å². The minimum Gasteiger partial charge on any atom is -0.419 e. The highest BCUT2D eigenvalue weighted by atomic mass is 79.9. The largest absolute Gasteiger partial charge is 0.419 e. The third-order valence-corrected chi connectivity index (χ3v) is 5.08. The van der Waals surface area contributed by atoms with Gasteiger partial charge in [0.15, 0.2) is 0 Å². The number of pyridine rings is 1. The zero-order valence-electron chi connectivity index (χ0n) is 14.0. The number of rotatable bonds is 4. The number of halogens is 2. The normalized spacial score (nSPS) is 15.4. The molecule has 26 heavy (non-hydrogen) atoms. The molecule has 0 bridgehead atoms. The van der Waals surface area contributed by atoms with Crippen molar-refractivity contribution in [2.75, 3.05) is 31.1 Å². The lowest BCUT2D eigenvalue weighted by Crippen LogP contribution is -2.46. The predicted octanol–water partition coefficient (Wildman–Crippen LogP) is 3.87. The van der Waals surface area contributed by atoms with E-state index >= 15 is 0 Å². The van der Waals surface area contributed by atoms with Gasteiger partial charge in [-0.2, -0.15) is 0 Å². The van der Waals surface area contributed by atoms with Gasteiger partial charge in [0.25, 0.3) is 0 Å². The number of anilines is 1. The first kappa shape index (κ1) is 17.5. The predicted molar refractivity (Wildman–Crippen MR) is 104 cm³/mol. The molecule has 0 atom stereocenters. The van der Waals surface area contributed by atoms with Gasteiger partial charge in [0.1, 0.15) is 5.82 Å². The summed E-state index contributed by atoms with van der Waals surface area (Å²) in [6, 6.07) is 11.7. The molecule has 3 heterocycles. The summed E-state index contributed by atoms with van der Waals surface area (Å²) in [5, 5.41) is 9.00. The van der Waals surface area contributed by atoms with Crippen LogP contribution in [0.3, 0.4) is 0 Å². The van der Waals surface area contributed by atoms with Gasteiger partial charge in [-0.05, 0) is 36.4 Å². The number of hydrogen-bond donors (Lipinski definition) is 0. The van der Waals surface area contributed by atoms with E-state index in [9.17, 15) is 0 Å². The molecule has 2 aromatic heterocycles. The van der Waals surface area contributed by atoms with E-state index < -0.39 is 0 Å². The molecule has 0 saturated carbocycles. The molecular weight excluding hydrogens is 418 g/mol. The van der Waals surface area contributed by atoms with Gasteiger partial charge >= 0.3 is 0 Å². The quantitative estimate of drug-likeness (QED) is 0.621. The Hall–Kier alpha value is -1.96. The van der Waals surface area contributed by atoms with E-state index in [2.05, 4.69) is 40.9 Å². The maximum atomic E-state index is 5.90. The lowest BCUT2D eigenvalue weighted by Gasteiger charge is -2.34. The highest BCUT2D eigenvalue weighted by Gasteiger charge is 2.20. The average molecular weight is 435 g/mol. The third-order valence-electron chi connectivity index (χ3n) is 4.32. The molecule has 1 fully saturated rings. The molecule has 0 aliphatic carbocycles. The number of benzene rings is 1. The topological polar surface area (TPSA) is 58.3 Å². The van der Waals surface area contributed by atoms with Crippen molar-refractivity contribution in [3.63, 3.8) is 0 Å². The summed E-state index contributed by atoms with van der Waals surface area (Å²) < 4.78 is 6.84. The van der Waals surface area contributed by atoms with Gasteiger partial charge in [-0.3, -0.25) is 4.90 Å². The smallest absolute Gasteiger partial charge is 0.247 e. The molecule has 1 aliphatic heterocycles. The first-order valence-electron chi connectivity index (χ1n) is 8.34. The van der Waals surface area contributed by atoms with Gasteiger partial charge in [0, 0.05) is 42.4 Å². The Balaban J connectivity index is 1.34. The van der Waals surface area contributed by atoms with Crippen molar-refractivity contribution >= 4 is 33.3 Å². The molecule has 0 amide bonds. The summed E-state index contributed by atoms with van der Waals surface area (Å²) in [5.41, 5.74) is 0.922. The maximum absolute atomic E-state index is 5.90.